The van der Waals surface area contributed by atoms with Gasteiger partial charge in [0.15, 0.2) is 0 Å². The van der Waals surface area contributed by atoms with E-state index in [9.17, 15) is 4.39 Å². The molecule has 72 valence electrons. The van der Waals surface area contributed by atoms with E-state index in [1.807, 2.05) is 26.0 Å². The van der Waals surface area contributed by atoms with Crippen LogP contribution in [0.15, 0.2) is 18.3 Å². The van der Waals surface area contributed by atoms with E-state index in [0.717, 1.165) is 5.56 Å². The largest absolute Gasteiger partial charge is 0.443 e. The molecule has 0 bridgehead atoms. The van der Waals surface area contributed by atoms with Crippen LogP contribution in [-0.2, 0) is 0 Å². The molecule has 0 aliphatic heterocycles. The number of rotatable bonds is 3. The van der Waals surface area contributed by atoms with Crippen LogP contribution in [0.2, 0.25) is 0 Å². The molecule has 0 radical (unpaired) electrons. The van der Waals surface area contributed by atoms with Crippen molar-refractivity contribution in [3.63, 3.8) is 0 Å². The molecule has 1 heterocycles. The van der Waals surface area contributed by atoms with E-state index in [2.05, 4.69) is 4.98 Å². The molecule has 0 N–H and O–H groups in total. The third-order valence-corrected chi connectivity index (χ3v) is 1.70. The van der Waals surface area contributed by atoms with E-state index in [1.54, 1.807) is 6.20 Å². The monoisotopic (exact) mass is 183 g/mol. The SMILES string of the molecule is CC(F)Oc1ncccc1C(C)C. The van der Waals surface area contributed by atoms with Crippen LogP contribution in [-0.4, -0.2) is 11.3 Å². The first-order valence-corrected chi connectivity index (χ1v) is 4.37. The number of hydrogen-bond donors (Lipinski definition) is 0. The minimum Gasteiger partial charge on any atom is -0.443 e. The van der Waals surface area contributed by atoms with Crippen molar-refractivity contribution in [3.05, 3.63) is 23.9 Å². The van der Waals surface area contributed by atoms with Gasteiger partial charge in [-0.25, -0.2) is 9.37 Å². The average molecular weight is 183 g/mol. The highest BCUT2D eigenvalue weighted by Gasteiger charge is 2.10. The van der Waals surface area contributed by atoms with Gasteiger partial charge in [-0.3, -0.25) is 0 Å². The summed E-state index contributed by atoms with van der Waals surface area (Å²) >= 11 is 0. The van der Waals surface area contributed by atoms with Gasteiger partial charge in [0.25, 0.3) is 0 Å². The topological polar surface area (TPSA) is 22.1 Å². The number of aromatic nitrogens is 1. The molecule has 0 fully saturated rings. The van der Waals surface area contributed by atoms with E-state index in [4.69, 9.17) is 4.74 Å². The van der Waals surface area contributed by atoms with Crippen molar-refractivity contribution in [2.75, 3.05) is 0 Å². The van der Waals surface area contributed by atoms with Gasteiger partial charge in [-0.05, 0) is 12.0 Å². The lowest BCUT2D eigenvalue weighted by Crippen LogP contribution is -2.07. The quantitative estimate of drug-likeness (QED) is 0.718. The molecular weight excluding hydrogens is 169 g/mol. The van der Waals surface area contributed by atoms with Gasteiger partial charge >= 0.3 is 0 Å². The second kappa shape index (κ2) is 4.21. The van der Waals surface area contributed by atoms with Crippen LogP contribution in [0.25, 0.3) is 0 Å². The van der Waals surface area contributed by atoms with Crippen molar-refractivity contribution in [2.45, 2.75) is 33.0 Å². The Morgan fingerprint density at radius 3 is 2.62 bits per heavy atom. The van der Waals surface area contributed by atoms with E-state index in [-0.39, 0.29) is 0 Å². The standard InChI is InChI=1S/C10H14FNO/c1-7(2)9-5-4-6-12-10(9)13-8(3)11/h4-8H,1-3H3. The van der Waals surface area contributed by atoms with Gasteiger partial charge in [0.05, 0.1) is 0 Å². The highest BCUT2D eigenvalue weighted by molar-refractivity contribution is 5.28. The summed E-state index contributed by atoms with van der Waals surface area (Å²) in [6, 6.07) is 3.72. The van der Waals surface area contributed by atoms with Gasteiger partial charge in [-0.15, -0.1) is 0 Å². The van der Waals surface area contributed by atoms with Crippen molar-refractivity contribution < 1.29 is 9.13 Å². The van der Waals surface area contributed by atoms with Crippen molar-refractivity contribution in [1.29, 1.82) is 0 Å². The van der Waals surface area contributed by atoms with E-state index in [0.29, 0.717) is 11.8 Å². The lowest BCUT2D eigenvalue weighted by Gasteiger charge is -2.12. The molecule has 0 aromatic carbocycles. The number of ether oxygens (including phenoxy) is 1. The molecule has 2 nitrogen and oxygen atoms in total. The third kappa shape index (κ3) is 2.68. The van der Waals surface area contributed by atoms with Crippen LogP contribution < -0.4 is 4.74 Å². The molecule has 13 heavy (non-hydrogen) atoms. The van der Waals surface area contributed by atoms with Crippen LogP contribution >= 0.6 is 0 Å². The molecule has 1 rings (SSSR count). The van der Waals surface area contributed by atoms with Gasteiger partial charge in [-0.2, -0.15) is 0 Å². The van der Waals surface area contributed by atoms with Crippen LogP contribution in [0.3, 0.4) is 0 Å². The number of alkyl halides is 1. The third-order valence-electron chi connectivity index (χ3n) is 1.70. The maximum absolute atomic E-state index is 12.6. The fourth-order valence-electron chi connectivity index (χ4n) is 1.09. The fourth-order valence-corrected chi connectivity index (χ4v) is 1.09. The summed E-state index contributed by atoms with van der Waals surface area (Å²) in [7, 11) is 0. The van der Waals surface area contributed by atoms with Gasteiger partial charge in [0.1, 0.15) is 0 Å². The highest BCUT2D eigenvalue weighted by Crippen LogP contribution is 2.24. The first-order valence-electron chi connectivity index (χ1n) is 4.37. The molecule has 0 saturated carbocycles. The second-order valence-corrected chi connectivity index (χ2v) is 3.21. The first kappa shape index (κ1) is 9.96. The molecule has 0 aliphatic rings. The number of nitrogens with zero attached hydrogens (tertiary/aromatic N) is 1. The van der Waals surface area contributed by atoms with E-state index < -0.39 is 6.36 Å². The summed E-state index contributed by atoms with van der Waals surface area (Å²) in [6.45, 7) is 5.39. The predicted octanol–water partition coefficient (Wildman–Crippen LogP) is 2.90. The Morgan fingerprint density at radius 2 is 2.08 bits per heavy atom. The Bertz CT molecular complexity index is 273. The Balaban J connectivity index is 2.91. The normalized spacial score (nSPS) is 13.0. The molecule has 1 atom stereocenters. The first-order chi connectivity index (χ1) is 6.11. The minimum atomic E-state index is -1.31. The Labute approximate surface area is 77.8 Å². The minimum absolute atomic E-state index is 0.294. The predicted molar refractivity (Wildman–Crippen MR) is 49.5 cm³/mol. The van der Waals surface area contributed by atoms with Crippen LogP contribution in [0, 0.1) is 0 Å². The summed E-state index contributed by atoms with van der Waals surface area (Å²) in [5.41, 5.74) is 0.937. The van der Waals surface area contributed by atoms with Crippen molar-refractivity contribution >= 4 is 0 Å². The Kier molecular flexibility index (Phi) is 3.23. The second-order valence-electron chi connectivity index (χ2n) is 3.21. The Hall–Kier alpha value is -1.12. The fraction of sp³-hybridized carbons (Fsp3) is 0.500. The molecule has 0 spiro atoms. The summed E-state index contributed by atoms with van der Waals surface area (Å²) in [4.78, 5) is 3.98. The number of halogens is 1. The molecule has 1 aromatic heterocycles. The van der Waals surface area contributed by atoms with Crippen LogP contribution in [0.4, 0.5) is 4.39 Å². The lowest BCUT2D eigenvalue weighted by molar-refractivity contribution is 0.0795. The average Bonchev–Trinajstić information content (AvgIpc) is 2.03. The molecule has 0 amide bonds. The molecular formula is C10H14FNO. The highest BCUT2D eigenvalue weighted by atomic mass is 19.1. The summed E-state index contributed by atoms with van der Waals surface area (Å²) in [5, 5.41) is 0. The number of hydrogen-bond acceptors (Lipinski definition) is 2. The van der Waals surface area contributed by atoms with E-state index in [1.165, 1.54) is 6.92 Å². The molecule has 0 saturated heterocycles. The Morgan fingerprint density at radius 1 is 1.38 bits per heavy atom. The lowest BCUT2D eigenvalue weighted by atomic mass is 10.1. The van der Waals surface area contributed by atoms with Gasteiger partial charge in [0, 0.05) is 18.7 Å². The van der Waals surface area contributed by atoms with Crippen LogP contribution in [0.1, 0.15) is 32.3 Å². The van der Waals surface area contributed by atoms with E-state index >= 15 is 0 Å². The van der Waals surface area contributed by atoms with Gasteiger partial charge < -0.3 is 4.74 Å². The maximum Gasteiger partial charge on any atom is 0.237 e. The summed E-state index contributed by atoms with van der Waals surface area (Å²) in [6.07, 6.45) is 0.288. The zero-order chi connectivity index (χ0) is 9.84. The molecule has 3 heteroatoms. The zero-order valence-electron chi connectivity index (χ0n) is 8.12. The summed E-state index contributed by atoms with van der Waals surface area (Å²) in [5.74, 6) is 0.690. The van der Waals surface area contributed by atoms with Crippen LogP contribution in [0.5, 0.6) is 5.88 Å². The van der Waals surface area contributed by atoms with Crippen molar-refractivity contribution in [3.8, 4) is 5.88 Å². The zero-order valence-corrected chi connectivity index (χ0v) is 8.12. The number of pyridine rings is 1. The summed E-state index contributed by atoms with van der Waals surface area (Å²) < 4.78 is 17.5. The smallest absolute Gasteiger partial charge is 0.237 e. The van der Waals surface area contributed by atoms with Gasteiger partial charge in [-0.1, -0.05) is 19.9 Å². The maximum atomic E-state index is 12.6. The van der Waals surface area contributed by atoms with Crippen molar-refractivity contribution in [1.82, 2.24) is 4.98 Å². The molecule has 1 aromatic rings. The van der Waals surface area contributed by atoms with Crippen molar-refractivity contribution in [2.24, 2.45) is 0 Å². The van der Waals surface area contributed by atoms with Gasteiger partial charge in [0.2, 0.25) is 12.2 Å². The molecule has 1 unspecified atom stereocenters. The molecule has 0 aliphatic carbocycles.